The Labute approximate surface area is 117 Å². The first-order valence-electron chi connectivity index (χ1n) is 6.08. The van der Waals surface area contributed by atoms with Crippen LogP contribution in [0.2, 0.25) is 10.6 Å². The molecule has 1 fully saturated rings. The van der Waals surface area contributed by atoms with Crippen LogP contribution in [-0.4, -0.2) is 21.1 Å². The minimum absolute atomic E-state index is 0.0631. The molecule has 1 aliphatic carbocycles. The first-order valence-corrected chi connectivity index (χ1v) is 6.83. The zero-order valence-electron chi connectivity index (χ0n) is 10.8. The third-order valence-corrected chi connectivity index (χ3v) is 3.52. The SMILES string of the molecule is CC1CC(Oc2nc(Cl)nc(Cl)n2)CC(C)(C)C1. The van der Waals surface area contributed by atoms with E-state index in [1.54, 1.807) is 0 Å². The second kappa shape index (κ2) is 5.17. The summed E-state index contributed by atoms with van der Waals surface area (Å²) in [6.07, 6.45) is 3.31. The highest BCUT2D eigenvalue weighted by Gasteiger charge is 2.33. The Morgan fingerprint density at radius 3 is 2.28 bits per heavy atom. The van der Waals surface area contributed by atoms with Gasteiger partial charge in [-0.3, -0.25) is 0 Å². The molecule has 2 rings (SSSR count). The van der Waals surface area contributed by atoms with Crippen molar-refractivity contribution in [3.8, 4) is 6.01 Å². The van der Waals surface area contributed by atoms with Crippen LogP contribution in [0.25, 0.3) is 0 Å². The van der Waals surface area contributed by atoms with Crippen LogP contribution in [0.4, 0.5) is 0 Å². The first kappa shape index (κ1) is 13.8. The third kappa shape index (κ3) is 3.69. The second-order valence-electron chi connectivity index (χ2n) is 5.81. The van der Waals surface area contributed by atoms with E-state index in [0.29, 0.717) is 5.92 Å². The Balaban J connectivity index is 2.08. The van der Waals surface area contributed by atoms with E-state index >= 15 is 0 Å². The number of halogens is 2. The quantitative estimate of drug-likeness (QED) is 0.831. The van der Waals surface area contributed by atoms with Gasteiger partial charge in [0.2, 0.25) is 10.6 Å². The van der Waals surface area contributed by atoms with Crippen molar-refractivity contribution in [2.24, 2.45) is 11.3 Å². The average Bonchev–Trinajstić information content (AvgIpc) is 2.10. The molecule has 0 spiro atoms. The van der Waals surface area contributed by atoms with Crippen LogP contribution < -0.4 is 4.74 Å². The van der Waals surface area contributed by atoms with Crippen molar-refractivity contribution in [3.05, 3.63) is 10.6 Å². The van der Waals surface area contributed by atoms with Gasteiger partial charge < -0.3 is 4.74 Å². The Morgan fingerprint density at radius 2 is 1.72 bits per heavy atom. The van der Waals surface area contributed by atoms with E-state index in [-0.39, 0.29) is 28.1 Å². The van der Waals surface area contributed by atoms with Crippen molar-refractivity contribution in [2.75, 3.05) is 0 Å². The van der Waals surface area contributed by atoms with Crippen molar-refractivity contribution in [1.29, 1.82) is 0 Å². The molecule has 4 nitrogen and oxygen atoms in total. The van der Waals surface area contributed by atoms with Crippen LogP contribution in [0.3, 0.4) is 0 Å². The van der Waals surface area contributed by atoms with Gasteiger partial charge in [0.25, 0.3) is 0 Å². The average molecular weight is 290 g/mol. The van der Waals surface area contributed by atoms with E-state index in [9.17, 15) is 0 Å². The van der Waals surface area contributed by atoms with Gasteiger partial charge in [-0.15, -0.1) is 0 Å². The topological polar surface area (TPSA) is 47.9 Å². The van der Waals surface area contributed by atoms with Crippen LogP contribution in [0.5, 0.6) is 6.01 Å². The molecule has 6 heteroatoms. The summed E-state index contributed by atoms with van der Waals surface area (Å²) >= 11 is 11.5. The lowest BCUT2D eigenvalue weighted by Gasteiger charge is -2.38. The van der Waals surface area contributed by atoms with Crippen LogP contribution in [0.15, 0.2) is 0 Å². The van der Waals surface area contributed by atoms with Crippen LogP contribution in [-0.2, 0) is 0 Å². The van der Waals surface area contributed by atoms with Gasteiger partial charge in [0.1, 0.15) is 6.10 Å². The summed E-state index contributed by atoms with van der Waals surface area (Å²) < 4.78 is 5.79. The van der Waals surface area contributed by atoms with Crippen LogP contribution >= 0.6 is 23.2 Å². The Bertz CT molecular complexity index is 419. The Hall–Kier alpha value is -0.610. The Morgan fingerprint density at radius 1 is 1.11 bits per heavy atom. The molecule has 18 heavy (non-hydrogen) atoms. The minimum Gasteiger partial charge on any atom is -0.460 e. The van der Waals surface area contributed by atoms with Gasteiger partial charge in [0.15, 0.2) is 0 Å². The second-order valence-corrected chi connectivity index (χ2v) is 6.49. The molecular weight excluding hydrogens is 273 g/mol. The highest BCUT2D eigenvalue weighted by Crippen LogP contribution is 2.39. The number of hydrogen-bond acceptors (Lipinski definition) is 4. The summed E-state index contributed by atoms with van der Waals surface area (Å²) in [6.45, 7) is 6.75. The summed E-state index contributed by atoms with van der Waals surface area (Å²) in [7, 11) is 0. The maximum absolute atomic E-state index is 5.79. The summed E-state index contributed by atoms with van der Waals surface area (Å²) in [5.74, 6) is 0.631. The highest BCUT2D eigenvalue weighted by atomic mass is 35.5. The van der Waals surface area contributed by atoms with Crippen LogP contribution in [0, 0.1) is 11.3 Å². The normalized spacial score (nSPS) is 26.9. The van der Waals surface area contributed by atoms with E-state index in [1.165, 1.54) is 6.42 Å². The number of aromatic nitrogens is 3. The monoisotopic (exact) mass is 289 g/mol. The summed E-state index contributed by atoms with van der Waals surface area (Å²) in [5, 5.41) is 0.126. The third-order valence-electron chi connectivity index (χ3n) is 3.18. The van der Waals surface area contributed by atoms with Gasteiger partial charge in [0.05, 0.1) is 0 Å². The van der Waals surface area contributed by atoms with Crippen molar-refractivity contribution in [3.63, 3.8) is 0 Å². The lowest BCUT2D eigenvalue weighted by Crippen LogP contribution is -2.34. The number of rotatable bonds is 2. The van der Waals surface area contributed by atoms with Gasteiger partial charge in [0, 0.05) is 0 Å². The largest absolute Gasteiger partial charge is 0.460 e. The van der Waals surface area contributed by atoms with Gasteiger partial charge >= 0.3 is 6.01 Å². The van der Waals surface area contributed by atoms with Gasteiger partial charge in [-0.2, -0.15) is 15.0 Å². The zero-order chi connectivity index (χ0) is 13.3. The fourth-order valence-corrected chi connectivity index (χ4v) is 3.21. The number of nitrogens with zero attached hydrogens (tertiary/aromatic N) is 3. The molecule has 1 aliphatic rings. The maximum atomic E-state index is 5.79. The lowest BCUT2D eigenvalue weighted by atomic mass is 9.71. The van der Waals surface area contributed by atoms with Gasteiger partial charge in [-0.1, -0.05) is 20.8 Å². The molecule has 1 heterocycles. The molecule has 1 saturated carbocycles. The minimum atomic E-state index is 0.0631. The maximum Gasteiger partial charge on any atom is 0.322 e. The fourth-order valence-electron chi connectivity index (χ4n) is 2.86. The molecule has 1 aromatic rings. The molecule has 0 bridgehead atoms. The van der Waals surface area contributed by atoms with E-state index < -0.39 is 0 Å². The standard InChI is InChI=1S/C12H17Cl2N3O/c1-7-4-8(6-12(2,3)5-7)18-11-16-9(13)15-10(14)17-11/h7-8H,4-6H2,1-3H3. The first-order chi connectivity index (χ1) is 8.34. The zero-order valence-corrected chi connectivity index (χ0v) is 12.3. The molecule has 2 atom stereocenters. The summed E-state index contributed by atoms with van der Waals surface area (Å²) in [4.78, 5) is 11.6. The molecule has 100 valence electrons. The summed E-state index contributed by atoms with van der Waals surface area (Å²) in [6, 6.07) is 0.218. The molecule has 0 aliphatic heterocycles. The van der Waals surface area contributed by atoms with E-state index in [4.69, 9.17) is 27.9 Å². The van der Waals surface area contributed by atoms with Crippen molar-refractivity contribution < 1.29 is 4.74 Å². The molecule has 0 amide bonds. The molecule has 0 radical (unpaired) electrons. The molecule has 0 saturated heterocycles. The molecular formula is C12H17Cl2N3O. The van der Waals surface area contributed by atoms with E-state index in [2.05, 4.69) is 35.7 Å². The molecule has 0 N–H and O–H groups in total. The van der Waals surface area contributed by atoms with E-state index in [0.717, 1.165) is 12.8 Å². The molecule has 0 aromatic carbocycles. The number of ether oxygens (including phenoxy) is 1. The van der Waals surface area contributed by atoms with Crippen molar-refractivity contribution in [2.45, 2.75) is 46.1 Å². The van der Waals surface area contributed by atoms with Gasteiger partial charge in [-0.25, -0.2) is 0 Å². The van der Waals surface area contributed by atoms with Gasteiger partial charge in [-0.05, 0) is 53.8 Å². The van der Waals surface area contributed by atoms with Crippen molar-refractivity contribution in [1.82, 2.24) is 15.0 Å². The molecule has 1 aromatic heterocycles. The number of hydrogen-bond donors (Lipinski definition) is 0. The predicted octanol–water partition coefficient (Wildman–Crippen LogP) is 3.77. The fraction of sp³-hybridized carbons (Fsp3) is 0.750. The van der Waals surface area contributed by atoms with E-state index in [1.807, 2.05) is 0 Å². The Kier molecular flexibility index (Phi) is 3.97. The molecule has 2 unspecified atom stereocenters. The predicted molar refractivity (Wildman–Crippen MR) is 71.1 cm³/mol. The van der Waals surface area contributed by atoms with Crippen molar-refractivity contribution >= 4 is 23.2 Å². The highest BCUT2D eigenvalue weighted by molar-refractivity contribution is 6.31. The summed E-state index contributed by atoms with van der Waals surface area (Å²) in [5.41, 5.74) is 0.281. The lowest BCUT2D eigenvalue weighted by molar-refractivity contribution is 0.0498. The smallest absolute Gasteiger partial charge is 0.322 e. The van der Waals surface area contributed by atoms with Crippen LogP contribution in [0.1, 0.15) is 40.0 Å².